The summed E-state index contributed by atoms with van der Waals surface area (Å²) in [5, 5.41) is 10.3. The number of aliphatic hydroxyl groups excluding tert-OH is 1. The van der Waals surface area contributed by atoms with Gasteiger partial charge in [0.05, 0.1) is 17.0 Å². The molecule has 4 rings (SSSR count). The van der Waals surface area contributed by atoms with Crippen LogP contribution in [0.2, 0.25) is 0 Å². The number of nitrogens with zero attached hydrogens (tertiary/aromatic N) is 1. The number of hydrogen-bond acceptors (Lipinski definition) is 4. The Labute approximate surface area is 153 Å². The van der Waals surface area contributed by atoms with E-state index in [1.807, 2.05) is 18.2 Å². The van der Waals surface area contributed by atoms with E-state index in [1.54, 1.807) is 23.9 Å². The van der Waals surface area contributed by atoms with Crippen molar-refractivity contribution in [2.24, 2.45) is 16.7 Å². The van der Waals surface area contributed by atoms with E-state index in [9.17, 15) is 14.7 Å². The van der Waals surface area contributed by atoms with E-state index in [0.717, 1.165) is 25.0 Å². The second-order valence-corrected chi connectivity index (χ2v) is 9.46. The first kappa shape index (κ1) is 17.1. The lowest BCUT2D eigenvalue weighted by Gasteiger charge is -2.40. The molecule has 2 amide bonds. The first-order valence-corrected chi connectivity index (χ1v) is 10.1. The van der Waals surface area contributed by atoms with Crippen LogP contribution in [0.1, 0.15) is 39.5 Å². The van der Waals surface area contributed by atoms with Gasteiger partial charge in [0, 0.05) is 17.6 Å². The molecule has 0 radical (unpaired) electrons. The number of para-hydroxylation sites is 1. The van der Waals surface area contributed by atoms with Gasteiger partial charge in [-0.3, -0.25) is 9.59 Å². The first-order valence-electron chi connectivity index (χ1n) is 9.08. The van der Waals surface area contributed by atoms with Crippen molar-refractivity contribution in [2.75, 3.05) is 10.7 Å². The molecule has 134 valence electrons. The van der Waals surface area contributed by atoms with Crippen LogP contribution >= 0.6 is 11.8 Å². The van der Waals surface area contributed by atoms with Crippen LogP contribution in [0.4, 0.5) is 5.69 Å². The van der Waals surface area contributed by atoms with Crippen LogP contribution in [0.3, 0.4) is 0 Å². The van der Waals surface area contributed by atoms with Crippen molar-refractivity contribution in [3.05, 3.63) is 30.3 Å². The molecular weight excluding hydrogens is 334 g/mol. The van der Waals surface area contributed by atoms with Gasteiger partial charge in [-0.25, -0.2) is 4.90 Å². The Bertz CT molecular complexity index is 704. The van der Waals surface area contributed by atoms with Gasteiger partial charge < -0.3 is 5.11 Å². The lowest BCUT2D eigenvalue weighted by atomic mass is 9.70. The summed E-state index contributed by atoms with van der Waals surface area (Å²) in [5.41, 5.74) is 0.636. The fourth-order valence-corrected chi connectivity index (χ4v) is 6.93. The van der Waals surface area contributed by atoms with Crippen LogP contribution in [0.5, 0.6) is 0 Å². The molecule has 5 heteroatoms. The lowest BCUT2D eigenvalue weighted by Crippen LogP contribution is -2.41. The van der Waals surface area contributed by atoms with E-state index in [4.69, 9.17) is 0 Å². The highest BCUT2D eigenvalue weighted by atomic mass is 32.2. The van der Waals surface area contributed by atoms with Crippen LogP contribution in [-0.4, -0.2) is 34.0 Å². The average Bonchev–Trinajstić information content (AvgIpc) is 3.08. The van der Waals surface area contributed by atoms with E-state index in [0.29, 0.717) is 11.6 Å². The molecule has 0 aromatic heterocycles. The standard InChI is InChI=1S/C20H25NO3S/c1-19(2)13-8-9-20(19,16(22)10-13)12-25-15-11-17(23)21(18(15)24)14-6-4-3-5-7-14/h3-7,13,15-16,22H,8-12H2,1-2H3. The third kappa shape index (κ3) is 2.39. The monoisotopic (exact) mass is 359 g/mol. The molecule has 1 N–H and O–H groups in total. The molecule has 25 heavy (non-hydrogen) atoms. The first-order chi connectivity index (χ1) is 11.9. The molecule has 1 saturated heterocycles. The van der Waals surface area contributed by atoms with Crippen molar-refractivity contribution in [1.82, 2.24) is 0 Å². The maximum atomic E-state index is 12.8. The van der Waals surface area contributed by atoms with Gasteiger partial charge in [0.1, 0.15) is 0 Å². The zero-order valence-electron chi connectivity index (χ0n) is 14.8. The number of anilines is 1. The average molecular weight is 359 g/mol. The Hall–Kier alpha value is -1.33. The number of aliphatic hydroxyl groups is 1. The van der Waals surface area contributed by atoms with Crippen molar-refractivity contribution in [3.8, 4) is 0 Å². The minimum atomic E-state index is -0.329. The third-order valence-corrected chi connectivity index (χ3v) is 8.50. The molecular formula is C20H25NO3S. The van der Waals surface area contributed by atoms with E-state index >= 15 is 0 Å². The van der Waals surface area contributed by atoms with Crippen LogP contribution < -0.4 is 4.90 Å². The Morgan fingerprint density at radius 3 is 2.56 bits per heavy atom. The number of amides is 2. The minimum absolute atomic E-state index is 0.101. The molecule has 3 fully saturated rings. The summed E-state index contributed by atoms with van der Waals surface area (Å²) in [6.45, 7) is 4.53. The normalized spacial score (nSPS) is 36.4. The van der Waals surface area contributed by atoms with Gasteiger partial charge >= 0.3 is 0 Å². The van der Waals surface area contributed by atoms with Gasteiger partial charge in [0.15, 0.2) is 0 Å². The summed E-state index contributed by atoms with van der Waals surface area (Å²) in [7, 11) is 0. The highest BCUT2D eigenvalue weighted by Gasteiger charge is 2.63. The van der Waals surface area contributed by atoms with Crippen LogP contribution in [0, 0.1) is 16.7 Å². The second kappa shape index (κ2) is 5.85. The zero-order chi connectivity index (χ0) is 17.8. The fraction of sp³-hybridized carbons (Fsp3) is 0.600. The summed E-state index contributed by atoms with van der Waals surface area (Å²) >= 11 is 1.58. The van der Waals surface area contributed by atoms with Gasteiger partial charge in [0.2, 0.25) is 11.8 Å². The maximum Gasteiger partial charge on any atom is 0.247 e. The van der Waals surface area contributed by atoms with Crippen molar-refractivity contribution in [1.29, 1.82) is 0 Å². The molecule has 4 unspecified atom stereocenters. The Kier molecular flexibility index (Phi) is 4.00. The quantitative estimate of drug-likeness (QED) is 0.839. The topological polar surface area (TPSA) is 57.6 Å². The van der Waals surface area contributed by atoms with E-state index in [-0.39, 0.29) is 40.4 Å². The molecule has 4 atom stereocenters. The number of carbonyl (C=O) groups excluding carboxylic acids is 2. The Morgan fingerprint density at radius 1 is 1.24 bits per heavy atom. The highest BCUT2D eigenvalue weighted by Crippen LogP contribution is 2.66. The molecule has 1 aliphatic heterocycles. The number of benzene rings is 1. The van der Waals surface area contributed by atoms with Crippen molar-refractivity contribution >= 4 is 29.3 Å². The molecule has 1 aromatic rings. The van der Waals surface area contributed by atoms with Gasteiger partial charge in [0.25, 0.3) is 0 Å². The van der Waals surface area contributed by atoms with E-state index < -0.39 is 0 Å². The van der Waals surface area contributed by atoms with Gasteiger partial charge in [-0.15, -0.1) is 11.8 Å². The van der Waals surface area contributed by atoms with Crippen molar-refractivity contribution in [2.45, 2.75) is 50.9 Å². The largest absolute Gasteiger partial charge is 0.392 e. The lowest BCUT2D eigenvalue weighted by molar-refractivity contribution is -0.121. The minimum Gasteiger partial charge on any atom is -0.392 e. The summed E-state index contributed by atoms with van der Waals surface area (Å²) in [4.78, 5) is 26.5. The van der Waals surface area contributed by atoms with Gasteiger partial charge in [-0.2, -0.15) is 0 Å². The molecule has 0 spiro atoms. The van der Waals surface area contributed by atoms with Crippen molar-refractivity contribution < 1.29 is 14.7 Å². The van der Waals surface area contributed by atoms with Crippen LogP contribution in [-0.2, 0) is 9.59 Å². The highest BCUT2D eigenvalue weighted by molar-refractivity contribution is 8.00. The Balaban J connectivity index is 1.49. The summed E-state index contributed by atoms with van der Waals surface area (Å²) in [6, 6.07) is 9.15. The predicted molar refractivity (Wildman–Crippen MR) is 99.4 cm³/mol. The van der Waals surface area contributed by atoms with E-state index in [1.165, 1.54) is 4.90 Å². The summed E-state index contributed by atoms with van der Waals surface area (Å²) in [6.07, 6.45) is 3.04. The fourth-order valence-electron chi connectivity index (χ4n) is 5.21. The molecule has 3 aliphatic rings. The predicted octanol–water partition coefficient (Wildman–Crippen LogP) is 3.24. The SMILES string of the molecule is CC1(C)C2CCC1(CSC1CC(=O)N(c3ccccc3)C1=O)C(O)C2. The summed E-state index contributed by atoms with van der Waals surface area (Å²) < 4.78 is 0. The third-order valence-electron chi connectivity index (χ3n) is 7.05. The molecule has 2 saturated carbocycles. The number of carbonyl (C=O) groups is 2. The number of thioether (sulfide) groups is 1. The number of fused-ring (bicyclic) bond motifs is 2. The molecule has 4 nitrogen and oxygen atoms in total. The zero-order valence-corrected chi connectivity index (χ0v) is 15.6. The van der Waals surface area contributed by atoms with Crippen LogP contribution in [0.15, 0.2) is 30.3 Å². The molecule has 2 aliphatic carbocycles. The second-order valence-electron chi connectivity index (χ2n) is 8.27. The molecule has 1 heterocycles. The van der Waals surface area contributed by atoms with Crippen LogP contribution in [0.25, 0.3) is 0 Å². The van der Waals surface area contributed by atoms with Crippen molar-refractivity contribution in [3.63, 3.8) is 0 Å². The van der Waals surface area contributed by atoms with Gasteiger partial charge in [-0.05, 0) is 42.7 Å². The number of rotatable bonds is 4. The number of imide groups is 1. The smallest absolute Gasteiger partial charge is 0.247 e. The Morgan fingerprint density at radius 2 is 1.96 bits per heavy atom. The van der Waals surface area contributed by atoms with E-state index in [2.05, 4.69) is 13.8 Å². The summed E-state index contributed by atoms with van der Waals surface area (Å²) in [5.74, 6) is 1.09. The van der Waals surface area contributed by atoms with Gasteiger partial charge in [-0.1, -0.05) is 32.0 Å². The maximum absolute atomic E-state index is 12.8. The molecule has 1 aromatic carbocycles. The molecule has 2 bridgehead atoms. The number of hydrogen-bond donors (Lipinski definition) is 1.